The Morgan fingerprint density at radius 2 is 1.86 bits per heavy atom. The molecular weight excluding hydrogens is 471 g/mol. The lowest BCUT2D eigenvalue weighted by Crippen LogP contribution is -2.38. The fourth-order valence-corrected chi connectivity index (χ4v) is 6.85. The largest absolute Gasteiger partial charge is 0.322 e. The van der Waals surface area contributed by atoms with Crippen molar-refractivity contribution in [1.29, 1.82) is 0 Å². The standard InChI is InChI=1S/C29H29FN4OS/c1-18-6-7-19(2)24(15-18)31-29(35)34-16-23-22-12-14-32(3)17-26(22)36-28(23)33-13-4-5-25(33)27(34)20-8-10-21(30)11-9-20/h4-11,13,15,27H,12,14,16-17H2,1-3H3,(H,31,35). The van der Waals surface area contributed by atoms with E-state index in [4.69, 9.17) is 0 Å². The van der Waals surface area contributed by atoms with E-state index in [9.17, 15) is 9.18 Å². The van der Waals surface area contributed by atoms with Gasteiger partial charge in [-0.25, -0.2) is 9.18 Å². The summed E-state index contributed by atoms with van der Waals surface area (Å²) in [5, 5.41) is 4.38. The molecule has 5 nitrogen and oxygen atoms in total. The number of carbonyl (C=O) groups excluding carboxylic acids is 1. The summed E-state index contributed by atoms with van der Waals surface area (Å²) in [5.41, 5.74) is 7.40. The summed E-state index contributed by atoms with van der Waals surface area (Å²) in [6.07, 6.45) is 3.06. The van der Waals surface area contributed by atoms with Gasteiger partial charge in [-0.3, -0.25) is 0 Å². The van der Waals surface area contributed by atoms with Gasteiger partial charge < -0.3 is 19.7 Å². The average Bonchev–Trinajstić information content (AvgIpc) is 3.43. The fraction of sp³-hybridized carbons (Fsp3) is 0.276. The minimum atomic E-state index is -0.354. The Morgan fingerprint density at radius 1 is 1.06 bits per heavy atom. The number of halogens is 1. The number of likely N-dealkylation sites (N-methyl/N-ethyl adjacent to an activating group) is 1. The number of nitrogens with one attached hydrogen (secondary N) is 1. The zero-order chi connectivity index (χ0) is 25.0. The van der Waals surface area contributed by atoms with Crippen LogP contribution < -0.4 is 5.32 Å². The molecule has 184 valence electrons. The summed E-state index contributed by atoms with van der Waals surface area (Å²) in [6.45, 7) is 6.45. The Hall–Kier alpha value is -3.42. The predicted molar refractivity (Wildman–Crippen MR) is 142 cm³/mol. The van der Waals surface area contributed by atoms with Gasteiger partial charge in [-0.1, -0.05) is 24.3 Å². The van der Waals surface area contributed by atoms with Crippen LogP contribution in [0.2, 0.25) is 0 Å². The number of fused-ring (bicyclic) bond motifs is 5. The van der Waals surface area contributed by atoms with Crippen molar-refractivity contribution < 1.29 is 9.18 Å². The van der Waals surface area contributed by atoms with Gasteiger partial charge in [-0.15, -0.1) is 11.3 Å². The quantitative estimate of drug-likeness (QED) is 0.345. The number of anilines is 1. The molecule has 7 heteroatoms. The highest BCUT2D eigenvalue weighted by molar-refractivity contribution is 7.15. The van der Waals surface area contributed by atoms with Gasteiger partial charge in [0.1, 0.15) is 10.8 Å². The lowest BCUT2D eigenvalue weighted by molar-refractivity contribution is 0.194. The molecule has 1 atom stereocenters. The van der Waals surface area contributed by atoms with Crippen LogP contribution in [0.3, 0.4) is 0 Å². The Labute approximate surface area is 214 Å². The molecule has 36 heavy (non-hydrogen) atoms. The number of aryl methyl sites for hydroxylation is 2. The van der Waals surface area contributed by atoms with E-state index < -0.39 is 0 Å². The van der Waals surface area contributed by atoms with E-state index in [1.807, 2.05) is 54.3 Å². The fourth-order valence-electron chi connectivity index (χ4n) is 5.41. The van der Waals surface area contributed by atoms with Crippen LogP contribution in [0, 0.1) is 19.7 Å². The van der Waals surface area contributed by atoms with Crippen molar-refractivity contribution >= 4 is 23.1 Å². The maximum Gasteiger partial charge on any atom is 0.322 e. The Bertz CT molecular complexity index is 1450. The summed E-state index contributed by atoms with van der Waals surface area (Å²) < 4.78 is 16.1. The van der Waals surface area contributed by atoms with Crippen LogP contribution in [-0.2, 0) is 19.5 Å². The molecular formula is C29H29FN4OS. The SMILES string of the molecule is Cc1ccc(C)c(NC(=O)N2Cc3c(sc4c3CCN(C)C4)-n3cccc3C2c2ccc(F)cc2)c1. The van der Waals surface area contributed by atoms with Gasteiger partial charge in [-0.05, 0) is 79.9 Å². The highest BCUT2D eigenvalue weighted by Gasteiger charge is 2.36. The van der Waals surface area contributed by atoms with Gasteiger partial charge in [0.05, 0.1) is 18.3 Å². The van der Waals surface area contributed by atoms with Gasteiger partial charge in [0.2, 0.25) is 0 Å². The second-order valence-electron chi connectivity index (χ2n) is 9.91. The summed E-state index contributed by atoms with van der Waals surface area (Å²) >= 11 is 1.83. The van der Waals surface area contributed by atoms with E-state index in [0.717, 1.165) is 47.6 Å². The summed E-state index contributed by atoms with van der Waals surface area (Å²) in [6, 6.07) is 16.2. The van der Waals surface area contributed by atoms with Crippen molar-refractivity contribution in [1.82, 2.24) is 14.4 Å². The van der Waals surface area contributed by atoms with E-state index in [0.29, 0.717) is 6.54 Å². The molecule has 1 unspecified atom stereocenters. The Balaban J connectivity index is 1.50. The third kappa shape index (κ3) is 3.92. The van der Waals surface area contributed by atoms with Crippen LogP contribution >= 0.6 is 11.3 Å². The number of aromatic nitrogens is 1. The summed E-state index contributed by atoms with van der Waals surface area (Å²) in [5.74, 6) is -0.286. The first-order chi connectivity index (χ1) is 17.4. The van der Waals surface area contributed by atoms with Crippen LogP contribution in [0.1, 0.15) is 44.4 Å². The molecule has 2 aliphatic heterocycles. The van der Waals surface area contributed by atoms with Crippen LogP contribution in [0.25, 0.3) is 5.00 Å². The van der Waals surface area contributed by atoms with E-state index in [-0.39, 0.29) is 17.9 Å². The normalized spacial score (nSPS) is 17.2. The van der Waals surface area contributed by atoms with Gasteiger partial charge >= 0.3 is 6.03 Å². The van der Waals surface area contributed by atoms with E-state index in [1.54, 1.807) is 12.1 Å². The monoisotopic (exact) mass is 500 g/mol. The first kappa shape index (κ1) is 23.0. The van der Waals surface area contributed by atoms with Crippen molar-refractivity contribution in [2.75, 3.05) is 18.9 Å². The number of carbonyl (C=O) groups is 1. The predicted octanol–water partition coefficient (Wildman–Crippen LogP) is 6.42. The molecule has 2 aliphatic rings. The van der Waals surface area contributed by atoms with Crippen molar-refractivity contribution in [3.63, 3.8) is 0 Å². The molecule has 1 N–H and O–H groups in total. The molecule has 0 radical (unpaired) electrons. The number of rotatable bonds is 2. The number of nitrogens with zero attached hydrogens (tertiary/aromatic N) is 3. The molecule has 4 aromatic rings. The topological polar surface area (TPSA) is 40.5 Å². The minimum Gasteiger partial charge on any atom is -0.310 e. The lowest BCUT2D eigenvalue weighted by Gasteiger charge is -2.32. The summed E-state index contributed by atoms with van der Waals surface area (Å²) in [7, 11) is 2.16. The molecule has 2 aromatic heterocycles. The minimum absolute atomic E-state index is 0.161. The smallest absolute Gasteiger partial charge is 0.310 e. The van der Waals surface area contributed by atoms with Gasteiger partial charge in [0.25, 0.3) is 0 Å². The second-order valence-corrected chi connectivity index (χ2v) is 11.0. The first-order valence-electron chi connectivity index (χ1n) is 12.3. The maximum atomic E-state index is 14.0. The number of thiophene rings is 1. The van der Waals surface area contributed by atoms with Crippen molar-refractivity contribution in [2.45, 2.75) is 39.4 Å². The highest BCUT2D eigenvalue weighted by atomic mass is 32.1. The molecule has 0 spiro atoms. The van der Waals surface area contributed by atoms with Gasteiger partial charge in [-0.2, -0.15) is 0 Å². The number of hydrogen-bond donors (Lipinski definition) is 1. The Kier molecular flexibility index (Phi) is 5.69. The van der Waals surface area contributed by atoms with E-state index in [2.05, 4.69) is 34.1 Å². The molecule has 6 rings (SSSR count). The number of amides is 2. The number of hydrogen-bond acceptors (Lipinski definition) is 3. The van der Waals surface area contributed by atoms with Crippen molar-refractivity contribution in [3.05, 3.63) is 105 Å². The molecule has 0 fully saturated rings. The molecule has 2 amide bonds. The second kappa shape index (κ2) is 8.91. The zero-order valence-electron chi connectivity index (χ0n) is 20.7. The van der Waals surface area contributed by atoms with Crippen LogP contribution in [0.4, 0.5) is 14.9 Å². The third-order valence-corrected chi connectivity index (χ3v) is 8.59. The van der Waals surface area contributed by atoms with E-state index in [1.165, 1.54) is 33.1 Å². The van der Waals surface area contributed by atoms with Crippen LogP contribution in [0.5, 0.6) is 0 Å². The zero-order valence-corrected chi connectivity index (χ0v) is 21.5. The van der Waals surface area contributed by atoms with Crippen LogP contribution in [-0.4, -0.2) is 34.0 Å². The maximum absolute atomic E-state index is 14.0. The molecule has 4 heterocycles. The average molecular weight is 501 g/mol. The van der Waals surface area contributed by atoms with E-state index >= 15 is 0 Å². The third-order valence-electron chi connectivity index (χ3n) is 7.34. The highest BCUT2D eigenvalue weighted by Crippen LogP contribution is 2.43. The summed E-state index contributed by atoms with van der Waals surface area (Å²) in [4.78, 5) is 19.7. The number of urea groups is 1. The molecule has 0 bridgehead atoms. The van der Waals surface area contributed by atoms with Crippen molar-refractivity contribution in [2.24, 2.45) is 0 Å². The van der Waals surface area contributed by atoms with Crippen molar-refractivity contribution in [3.8, 4) is 5.00 Å². The van der Waals surface area contributed by atoms with Crippen LogP contribution in [0.15, 0.2) is 60.8 Å². The van der Waals surface area contributed by atoms with Gasteiger partial charge in [0.15, 0.2) is 0 Å². The number of benzene rings is 2. The molecule has 0 saturated heterocycles. The Morgan fingerprint density at radius 3 is 2.67 bits per heavy atom. The molecule has 2 aromatic carbocycles. The molecule has 0 aliphatic carbocycles. The lowest BCUT2D eigenvalue weighted by atomic mass is 10.00. The van der Waals surface area contributed by atoms with Gasteiger partial charge in [0, 0.05) is 35.4 Å². The first-order valence-corrected chi connectivity index (χ1v) is 13.1. The molecule has 0 saturated carbocycles.